The van der Waals surface area contributed by atoms with Gasteiger partial charge in [-0.15, -0.1) is 0 Å². The van der Waals surface area contributed by atoms with Crippen molar-refractivity contribution in [2.75, 3.05) is 13.7 Å². The van der Waals surface area contributed by atoms with Crippen molar-refractivity contribution in [1.82, 2.24) is 4.90 Å². The van der Waals surface area contributed by atoms with Crippen LogP contribution in [0.1, 0.15) is 0 Å². The minimum absolute atomic E-state index is 0.250. The summed E-state index contributed by atoms with van der Waals surface area (Å²) in [7, 11) is -15.2. The fourth-order valence-corrected chi connectivity index (χ4v) is 6.35. The Kier molecular flexibility index (Phi) is 7.22. The number of hydrogen-bond donors (Lipinski definition) is 8. The predicted molar refractivity (Wildman–Crippen MR) is 104 cm³/mol. The van der Waals surface area contributed by atoms with Crippen molar-refractivity contribution in [2.24, 2.45) is 15.7 Å². The largest absolute Gasteiger partial charge is 0.493 e. The van der Waals surface area contributed by atoms with Gasteiger partial charge in [0.1, 0.15) is 18.3 Å². The first kappa shape index (κ1) is 26.3. The zero-order chi connectivity index (χ0) is 24.9. The number of phosphoric acid groups is 3. The highest BCUT2D eigenvalue weighted by atomic mass is 31.3. The van der Waals surface area contributed by atoms with Crippen LogP contribution in [0.3, 0.4) is 0 Å². The fourth-order valence-electron chi connectivity index (χ4n) is 3.32. The molecule has 188 valence electrons. The highest BCUT2D eigenvalue weighted by molar-refractivity contribution is 7.66. The number of hydrogen-bond acceptors (Lipinski definition) is 13. The van der Waals surface area contributed by atoms with Gasteiger partial charge >= 0.3 is 23.5 Å². The van der Waals surface area contributed by atoms with E-state index in [0.717, 1.165) is 0 Å². The topological polar surface area (TPSA) is 287 Å². The molecule has 9 N–H and O–H groups in total. The molecule has 0 aromatic rings. The molecule has 0 aromatic heterocycles. The van der Waals surface area contributed by atoms with Crippen molar-refractivity contribution < 1.29 is 71.0 Å². The van der Waals surface area contributed by atoms with Crippen molar-refractivity contribution in [1.29, 1.82) is 0 Å². The van der Waals surface area contributed by atoms with Crippen molar-refractivity contribution in [2.45, 2.75) is 36.7 Å². The summed E-state index contributed by atoms with van der Waals surface area (Å²) in [5.74, 6) is -0.606. The van der Waals surface area contributed by atoms with Gasteiger partial charge in [-0.25, -0.2) is 18.6 Å². The smallest absolute Gasteiger partial charge is 0.490 e. The number of aliphatic hydroxyl groups is 3. The number of guanidine groups is 1. The Labute approximate surface area is 184 Å². The minimum Gasteiger partial charge on any atom is -0.493 e. The normalized spacial score (nSPS) is 35.8. The highest BCUT2D eigenvalue weighted by Crippen LogP contribution is 2.66. The molecule has 5 unspecified atom stereocenters. The molecular formula is C11H21N5O14P3+. The molecule has 0 aliphatic carbocycles. The lowest BCUT2D eigenvalue weighted by atomic mass is 10.1. The summed E-state index contributed by atoms with van der Waals surface area (Å²) in [6.45, 7) is -0.978. The number of nitrogens with two attached hydrogens (primary N) is 1. The van der Waals surface area contributed by atoms with E-state index in [4.69, 9.17) is 25.2 Å². The van der Waals surface area contributed by atoms with Gasteiger partial charge in [0, 0.05) is 0 Å². The Morgan fingerprint density at radius 2 is 1.79 bits per heavy atom. The molecule has 0 saturated carbocycles. The maximum absolute atomic E-state index is 11.9. The molecule has 0 spiro atoms. The van der Waals surface area contributed by atoms with Gasteiger partial charge in [-0.1, -0.05) is 0 Å². The van der Waals surface area contributed by atoms with E-state index in [1.54, 1.807) is 7.05 Å². The minimum atomic E-state index is -5.72. The molecule has 3 heterocycles. The van der Waals surface area contributed by atoms with Gasteiger partial charge in [0.25, 0.3) is 0 Å². The summed E-state index contributed by atoms with van der Waals surface area (Å²) in [6.07, 6.45) is -5.63. The van der Waals surface area contributed by atoms with Crippen LogP contribution in [0.4, 0.5) is 0 Å². The fraction of sp³-hybridized carbons (Fsp3) is 0.727. The van der Waals surface area contributed by atoms with Crippen LogP contribution in [-0.2, 0) is 31.6 Å². The molecule has 0 amide bonds. The second-order valence-corrected chi connectivity index (χ2v) is 11.4. The molecule has 19 nitrogen and oxygen atoms in total. The van der Waals surface area contributed by atoms with Gasteiger partial charge in [-0.2, -0.15) is 18.6 Å². The number of nitrogens with zero attached hydrogens (tertiary/aromatic N) is 4. The molecule has 1 fully saturated rings. The zero-order valence-corrected chi connectivity index (χ0v) is 19.1. The van der Waals surface area contributed by atoms with E-state index < -0.39 is 66.8 Å². The van der Waals surface area contributed by atoms with Crippen LogP contribution in [0.2, 0.25) is 0 Å². The van der Waals surface area contributed by atoms with Gasteiger partial charge in [0.15, 0.2) is 0 Å². The molecule has 3 rings (SSSR count). The second kappa shape index (κ2) is 9.05. The number of aliphatic imine (C=N–C) groups is 2. The van der Waals surface area contributed by atoms with Crippen molar-refractivity contribution >= 4 is 41.7 Å². The predicted octanol–water partition coefficient (Wildman–Crippen LogP) is -3.26. The Morgan fingerprint density at radius 1 is 1.15 bits per heavy atom. The monoisotopic (exact) mass is 540 g/mol. The summed E-state index contributed by atoms with van der Waals surface area (Å²) in [6, 6.07) is -0.778. The number of ether oxygens (including phenoxy) is 1. The standard InChI is InChI=1S/C11H20N5O14P3/c1-15-3-16(8-5(15)9(19)14-11(12)13-8)10-7(18)6(17)4(28-10)2-27-32(23,24)30-33(25,26)29-31(20,21)22/h3-8,10,17-18H,2H2,1H3,(H6-,12,13,14,19,20,21,22,23,24,25,26)/p+1/t4-,5?,6?,7+,8?,10-/m1/s1. The maximum atomic E-state index is 11.9. The summed E-state index contributed by atoms with van der Waals surface area (Å²) in [5, 5.41) is 30.7. The van der Waals surface area contributed by atoms with Gasteiger partial charge in [-0.3, -0.25) is 9.10 Å². The molecule has 33 heavy (non-hydrogen) atoms. The number of fused-ring (bicyclic) bond motifs is 1. The Hall–Kier alpha value is -1.30. The van der Waals surface area contributed by atoms with Gasteiger partial charge in [0.2, 0.25) is 36.6 Å². The van der Waals surface area contributed by atoms with E-state index in [2.05, 4.69) is 23.1 Å². The Bertz CT molecular complexity index is 1030. The van der Waals surface area contributed by atoms with Crippen molar-refractivity contribution in [3.63, 3.8) is 0 Å². The van der Waals surface area contributed by atoms with E-state index >= 15 is 0 Å². The Balaban J connectivity index is 1.67. The third-order valence-corrected chi connectivity index (χ3v) is 8.35. The number of aliphatic hydroxyl groups excluding tert-OH is 3. The Morgan fingerprint density at radius 3 is 2.39 bits per heavy atom. The molecule has 22 heteroatoms. The third kappa shape index (κ3) is 6.04. The first-order valence-corrected chi connectivity index (χ1v) is 13.3. The second-order valence-electron chi connectivity index (χ2n) is 6.98. The summed E-state index contributed by atoms with van der Waals surface area (Å²) < 4.78 is 52.4. The number of phosphoric ester groups is 1. The van der Waals surface area contributed by atoms with E-state index in [9.17, 15) is 33.9 Å². The van der Waals surface area contributed by atoms with E-state index in [1.807, 2.05) is 0 Å². The van der Waals surface area contributed by atoms with Crippen LogP contribution in [0.15, 0.2) is 9.98 Å². The van der Waals surface area contributed by atoms with Crippen molar-refractivity contribution in [3.8, 4) is 0 Å². The molecule has 0 bridgehead atoms. The lowest BCUT2D eigenvalue weighted by Gasteiger charge is -2.26. The van der Waals surface area contributed by atoms with Gasteiger partial charge < -0.3 is 45.4 Å². The van der Waals surface area contributed by atoms with Crippen LogP contribution in [0.25, 0.3) is 0 Å². The zero-order valence-electron chi connectivity index (χ0n) is 16.4. The van der Waals surface area contributed by atoms with Crippen LogP contribution in [0, 0.1) is 0 Å². The highest BCUT2D eigenvalue weighted by Gasteiger charge is 2.56. The average Bonchev–Trinajstić information content (AvgIpc) is 3.07. The molecular weight excluding hydrogens is 519 g/mol. The molecule has 3 aliphatic rings. The third-order valence-electron chi connectivity index (χ3n) is 4.55. The summed E-state index contributed by atoms with van der Waals surface area (Å²) in [4.78, 5) is 44.7. The van der Waals surface area contributed by atoms with Crippen LogP contribution in [-0.4, -0.2) is 113 Å². The first-order valence-electron chi connectivity index (χ1n) is 8.75. The summed E-state index contributed by atoms with van der Waals surface area (Å²) >= 11 is 0. The first-order chi connectivity index (χ1) is 15.0. The van der Waals surface area contributed by atoms with Crippen molar-refractivity contribution in [3.05, 3.63) is 0 Å². The van der Waals surface area contributed by atoms with Gasteiger partial charge in [0.05, 0.1) is 13.7 Å². The number of rotatable bonds is 8. The van der Waals surface area contributed by atoms with E-state index in [0.29, 0.717) is 0 Å². The SMILES string of the molecule is C[N+]1=CN([C@@H]2O[C@H](COP(=O)(O)OP(=O)(O)OP(=O)(O)O)C(O)[C@@H]2O)C2N=C(N)N=C(O)C21. The molecule has 3 aliphatic heterocycles. The molecule has 8 atom stereocenters. The quantitative estimate of drug-likeness (QED) is 0.111. The van der Waals surface area contributed by atoms with E-state index in [1.165, 1.54) is 15.8 Å². The molecule has 0 radical (unpaired) electrons. The lowest BCUT2D eigenvalue weighted by molar-refractivity contribution is -0.510. The average molecular weight is 540 g/mol. The van der Waals surface area contributed by atoms with Crippen LogP contribution >= 0.6 is 23.5 Å². The number of likely N-dealkylation sites (N-methyl/N-ethyl adjacent to an activating group) is 1. The molecule has 0 aromatic carbocycles. The molecule has 1 saturated heterocycles. The van der Waals surface area contributed by atoms with Crippen LogP contribution < -0.4 is 5.73 Å². The van der Waals surface area contributed by atoms with Crippen LogP contribution in [0.5, 0.6) is 0 Å². The van der Waals surface area contributed by atoms with Gasteiger partial charge in [-0.05, 0) is 0 Å². The maximum Gasteiger partial charge on any atom is 0.490 e. The summed E-state index contributed by atoms with van der Waals surface area (Å²) in [5.41, 5.74) is 5.56. The van der Waals surface area contributed by atoms with E-state index in [-0.39, 0.29) is 11.9 Å². The lowest BCUT2D eigenvalue weighted by Crippen LogP contribution is -2.52.